The fourth-order valence-electron chi connectivity index (χ4n) is 1.40. The molecule has 0 spiro atoms. The van der Waals surface area contributed by atoms with Crippen LogP contribution in [-0.2, 0) is 9.59 Å². The monoisotopic (exact) mass is 248 g/mol. The van der Waals surface area contributed by atoms with Gasteiger partial charge in [-0.15, -0.1) is 0 Å². The third-order valence-corrected chi connectivity index (χ3v) is 3.05. The Morgan fingerprint density at radius 3 is 2.28 bits per heavy atom. The van der Waals surface area contributed by atoms with E-state index in [1.54, 1.807) is 24.1 Å². The van der Waals surface area contributed by atoms with E-state index in [1.165, 1.54) is 6.92 Å². The lowest BCUT2D eigenvalue weighted by atomic mass is 10.1. The molecule has 1 aromatic carbocycles. The highest BCUT2D eigenvalue weighted by molar-refractivity contribution is 5.93. The van der Waals surface area contributed by atoms with Crippen LogP contribution in [0.4, 0.5) is 11.4 Å². The zero-order valence-corrected chi connectivity index (χ0v) is 11.4. The van der Waals surface area contributed by atoms with Crippen molar-refractivity contribution in [2.24, 2.45) is 5.92 Å². The van der Waals surface area contributed by atoms with Crippen molar-refractivity contribution < 1.29 is 9.59 Å². The maximum absolute atomic E-state index is 11.7. The van der Waals surface area contributed by atoms with Crippen molar-refractivity contribution in [2.45, 2.75) is 27.2 Å². The number of carbonyl (C=O) groups is 2. The van der Waals surface area contributed by atoms with Crippen LogP contribution in [0.3, 0.4) is 0 Å². The number of nitrogens with one attached hydrogen (secondary N) is 1. The molecule has 1 unspecified atom stereocenters. The second kappa shape index (κ2) is 6.19. The average Bonchev–Trinajstić information content (AvgIpc) is 2.37. The summed E-state index contributed by atoms with van der Waals surface area (Å²) in [4.78, 5) is 24.4. The van der Waals surface area contributed by atoms with Gasteiger partial charge < -0.3 is 10.2 Å². The van der Waals surface area contributed by atoms with Crippen LogP contribution >= 0.6 is 0 Å². The molecule has 4 heteroatoms. The van der Waals surface area contributed by atoms with Crippen LogP contribution in [0.15, 0.2) is 24.3 Å². The maximum atomic E-state index is 11.7. The van der Waals surface area contributed by atoms with Crippen LogP contribution in [0.1, 0.15) is 27.2 Å². The summed E-state index contributed by atoms with van der Waals surface area (Å²) < 4.78 is 0. The lowest BCUT2D eigenvalue weighted by molar-refractivity contribution is -0.119. The van der Waals surface area contributed by atoms with Gasteiger partial charge >= 0.3 is 0 Å². The molecule has 0 bridgehead atoms. The summed E-state index contributed by atoms with van der Waals surface area (Å²) in [5, 5.41) is 2.85. The maximum Gasteiger partial charge on any atom is 0.227 e. The molecule has 2 amide bonds. The first kappa shape index (κ1) is 14.2. The van der Waals surface area contributed by atoms with Gasteiger partial charge in [-0.3, -0.25) is 9.59 Å². The first-order valence-corrected chi connectivity index (χ1v) is 6.11. The Morgan fingerprint density at radius 1 is 1.28 bits per heavy atom. The Balaban J connectivity index is 2.72. The quantitative estimate of drug-likeness (QED) is 0.890. The van der Waals surface area contributed by atoms with Crippen molar-refractivity contribution in [1.29, 1.82) is 0 Å². The molecular weight excluding hydrogens is 228 g/mol. The van der Waals surface area contributed by atoms with Crippen molar-refractivity contribution in [3.8, 4) is 0 Å². The van der Waals surface area contributed by atoms with Gasteiger partial charge in [0.15, 0.2) is 0 Å². The predicted molar refractivity (Wildman–Crippen MR) is 73.6 cm³/mol. The summed E-state index contributed by atoms with van der Waals surface area (Å²) >= 11 is 0. The number of carbonyl (C=O) groups excluding carboxylic acids is 2. The molecule has 0 fully saturated rings. The summed E-state index contributed by atoms with van der Waals surface area (Å²) in [5.74, 6) is 0.00105. The number of hydrogen-bond donors (Lipinski definition) is 1. The molecular formula is C14H20N2O2. The molecule has 1 aromatic rings. The second-order valence-electron chi connectivity index (χ2n) is 4.42. The van der Waals surface area contributed by atoms with E-state index in [9.17, 15) is 9.59 Å². The lowest BCUT2D eigenvalue weighted by Crippen LogP contribution is -2.23. The molecule has 0 aromatic heterocycles. The van der Waals surface area contributed by atoms with Crippen molar-refractivity contribution >= 4 is 23.2 Å². The van der Waals surface area contributed by atoms with E-state index in [-0.39, 0.29) is 17.7 Å². The van der Waals surface area contributed by atoms with Gasteiger partial charge in [-0.25, -0.2) is 0 Å². The van der Waals surface area contributed by atoms with E-state index in [4.69, 9.17) is 0 Å². The number of anilines is 2. The number of benzene rings is 1. The van der Waals surface area contributed by atoms with Gasteiger partial charge in [-0.1, -0.05) is 13.8 Å². The molecule has 18 heavy (non-hydrogen) atoms. The van der Waals surface area contributed by atoms with Crippen LogP contribution < -0.4 is 10.2 Å². The molecule has 0 aliphatic rings. The first-order valence-electron chi connectivity index (χ1n) is 6.11. The Bertz CT molecular complexity index is 426. The van der Waals surface area contributed by atoms with Crippen molar-refractivity contribution in [1.82, 2.24) is 0 Å². The molecule has 0 saturated carbocycles. The normalized spacial score (nSPS) is 11.8. The van der Waals surface area contributed by atoms with Gasteiger partial charge in [-0.2, -0.15) is 0 Å². The minimum atomic E-state index is -0.0219. The summed E-state index contributed by atoms with van der Waals surface area (Å²) in [7, 11) is 1.72. The van der Waals surface area contributed by atoms with Crippen LogP contribution in [-0.4, -0.2) is 18.9 Å². The van der Waals surface area contributed by atoms with Crippen molar-refractivity contribution in [3.63, 3.8) is 0 Å². The third kappa shape index (κ3) is 3.58. The minimum Gasteiger partial charge on any atom is -0.326 e. The van der Waals surface area contributed by atoms with Crippen LogP contribution in [0.25, 0.3) is 0 Å². The molecule has 0 aliphatic heterocycles. The molecule has 1 N–H and O–H groups in total. The molecule has 98 valence electrons. The summed E-state index contributed by atoms with van der Waals surface area (Å²) in [6.45, 7) is 5.39. The largest absolute Gasteiger partial charge is 0.326 e. The van der Waals surface area contributed by atoms with Crippen molar-refractivity contribution in [2.75, 3.05) is 17.3 Å². The number of amides is 2. The van der Waals surface area contributed by atoms with Gasteiger partial charge in [-0.05, 0) is 30.7 Å². The average molecular weight is 248 g/mol. The van der Waals surface area contributed by atoms with Gasteiger partial charge in [0.2, 0.25) is 11.8 Å². The summed E-state index contributed by atoms with van der Waals surface area (Å²) in [6.07, 6.45) is 0.816. The topological polar surface area (TPSA) is 49.4 Å². The Hall–Kier alpha value is -1.84. The first-order chi connectivity index (χ1) is 8.45. The Kier molecular flexibility index (Phi) is 4.89. The van der Waals surface area contributed by atoms with Crippen LogP contribution in [0.5, 0.6) is 0 Å². The number of hydrogen-bond acceptors (Lipinski definition) is 2. The third-order valence-electron chi connectivity index (χ3n) is 3.05. The van der Waals surface area contributed by atoms with E-state index in [0.29, 0.717) is 0 Å². The Morgan fingerprint density at radius 2 is 1.83 bits per heavy atom. The highest BCUT2D eigenvalue weighted by atomic mass is 16.2. The van der Waals surface area contributed by atoms with Gasteiger partial charge in [0.05, 0.1) is 0 Å². The molecule has 0 heterocycles. The fraction of sp³-hybridized carbons (Fsp3) is 0.429. The summed E-state index contributed by atoms with van der Waals surface area (Å²) in [5.41, 5.74) is 1.56. The van der Waals surface area contributed by atoms with Gasteiger partial charge in [0.1, 0.15) is 0 Å². The highest BCUT2D eigenvalue weighted by Gasteiger charge is 2.11. The Labute approximate surface area is 108 Å². The minimum absolute atomic E-state index is 0.00423. The molecule has 0 radical (unpaired) electrons. The van der Waals surface area contributed by atoms with E-state index >= 15 is 0 Å². The smallest absolute Gasteiger partial charge is 0.227 e. The van der Waals surface area contributed by atoms with E-state index in [0.717, 1.165) is 17.8 Å². The zero-order chi connectivity index (χ0) is 13.7. The zero-order valence-electron chi connectivity index (χ0n) is 11.4. The predicted octanol–water partition coefficient (Wildman–Crippen LogP) is 2.65. The lowest BCUT2D eigenvalue weighted by Gasteiger charge is -2.16. The van der Waals surface area contributed by atoms with E-state index in [2.05, 4.69) is 5.32 Å². The molecule has 4 nitrogen and oxygen atoms in total. The molecule has 1 rings (SSSR count). The number of rotatable bonds is 4. The van der Waals surface area contributed by atoms with Crippen molar-refractivity contribution in [3.05, 3.63) is 24.3 Å². The fourth-order valence-corrected chi connectivity index (χ4v) is 1.40. The van der Waals surface area contributed by atoms with E-state index < -0.39 is 0 Å². The van der Waals surface area contributed by atoms with Crippen LogP contribution in [0, 0.1) is 5.92 Å². The molecule has 0 aliphatic carbocycles. The standard InChI is InChI=1S/C14H20N2O2/c1-5-10(2)14(18)15-12-6-8-13(9-7-12)16(4)11(3)17/h6-10H,5H2,1-4H3,(H,15,18). The van der Waals surface area contributed by atoms with E-state index in [1.807, 2.05) is 26.0 Å². The summed E-state index contributed by atoms with van der Waals surface area (Å²) in [6, 6.07) is 7.23. The number of nitrogens with zero attached hydrogens (tertiary/aromatic N) is 1. The van der Waals surface area contributed by atoms with Gasteiger partial charge in [0.25, 0.3) is 0 Å². The SMILES string of the molecule is CCC(C)C(=O)Nc1ccc(N(C)C(C)=O)cc1. The van der Waals surface area contributed by atoms with Crippen LogP contribution in [0.2, 0.25) is 0 Å². The molecule has 0 saturated heterocycles. The van der Waals surface area contributed by atoms with Gasteiger partial charge in [0, 0.05) is 31.3 Å². The molecule has 1 atom stereocenters. The highest BCUT2D eigenvalue weighted by Crippen LogP contribution is 2.17. The second-order valence-corrected chi connectivity index (χ2v) is 4.42.